The minimum Gasteiger partial charge on any atom is -0.469 e. The third-order valence-corrected chi connectivity index (χ3v) is 4.43. The summed E-state index contributed by atoms with van der Waals surface area (Å²) in [5, 5.41) is 0. The Labute approximate surface area is 148 Å². The molecule has 0 spiro atoms. The SMILES string of the molecule is CCCc1ccc(C(=O)N2CCN(C(=O)CCC(=O)OC)CC2)cc1. The molecule has 25 heavy (non-hydrogen) atoms. The molecule has 0 radical (unpaired) electrons. The number of amides is 2. The second-order valence-electron chi connectivity index (χ2n) is 6.20. The van der Waals surface area contributed by atoms with Crippen molar-refractivity contribution in [3.05, 3.63) is 35.4 Å². The topological polar surface area (TPSA) is 66.9 Å². The summed E-state index contributed by atoms with van der Waals surface area (Å²) in [7, 11) is 1.31. The van der Waals surface area contributed by atoms with E-state index in [4.69, 9.17) is 0 Å². The molecule has 6 nitrogen and oxygen atoms in total. The number of aryl methyl sites for hydroxylation is 1. The molecular formula is C19H26N2O4. The van der Waals surface area contributed by atoms with E-state index in [9.17, 15) is 14.4 Å². The average Bonchev–Trinajstić information content (AvgIpc) is 2.66. The quantitative estimate of drug-likeness (QED) is 0.738. The molecular weight excluding hydrogens is 320 g/mol. The van der Waals surface area contributed by atoms with Crippen LogP contribution in [0.15, 0.2) is 24.3 Å². The Morgan fingerprint density at radius 1 is 0.960 bits per heavy atom. The Morgan fingerprint density at radius 2 is 1.56 bits per heavy atom. The number of methoxy groups -OCH3 is 1. The van der Waals surface area contributed by atoms with E-state index < -0.39 is 0 Å². The first-order chi connectivity index (χ1) is 12.0. The van der Waals surface area contributed by atoms with Gasteiger partial charge in [0.15, 0.2) is 0 Å². The minimum atomic E-state index is -0.381. The van der Waals surface area contributed by atoms with Crippen molar-refractivity contribution in [1.82, 2.24) is 9.80 Å². The van der Waals surface area contributed by atoms with Crippen molar-refractivity contribution in [2.24, 2.45) is 0 Å². The summed E-state index contributed by atoms with van der Waals surface area (Å²) in [5.41, 5.74) is 1.92. The predicted octanol–water partition coefficient (Wildman–Crippen LogP) is 1.88. The fourth-order valence-corrected chi connectivity index (χ4v) is 2.91. The van der Waals surface area contributed by atoms with Crippen LogP contribution in [0.4, 0.5) is 0 Å². The normalized spacial score (nSPS) is 14.3. The van der Waals surface area contributed by atoms with E-state index >= 15 is 0 Å². The molecule has 2 amide bonds. The molecule has 0 atom stereocenters. The van der Waals surface area contributed by atoms with E-state index in [-0.39, 0.29) is 30.6 Å². The van der Waals surface area contributed by atoms with Gasteiger partial charge in [0.2, 0.25) is 5.91 Å². The summed E-state index contributed by atoms with van der Waals surface area (Å²) >= 11 is 0. The minimum absolute atomic E-state index is 0.00436. The monoisotopic (exact) mass is 346 g/mol. The predicted molar refractivity (Wildman–Crippen MR) is 94.2 cm³/mol. The largest absolute Gasteiger partial charge is 0.469 e. The zero-order valence-electron chi connectivity index (χ0n) is 15.0. The molecule has 1 aliphatic heterocycles. The molecule has 0 saturated carbocycles. The molecule has 0 unspecified atom stereocenters. The fourth-order valence-electron chi connectivity index (χ4n) is 2.91. The molecule has 2 rings (SSSR count). The summed E-state index contributed by atoms with van der Waals surface area (Å²) < 4.78 is 4.55. The third kappa shape index (κ3) is 5.31. The van der Waals surface area contributed by atoms with Crippen LogP contribution in [0.1, 0.15) is 42.1 Å². The van der Waals surface area contributed by atoms with E-state index in [0.717, 1.165) is 12.8 Å². The van der Waals surface area contributed by atoms with E-state index in [1.54, 1.807) is 9.80 Å². The van der Waals surface area contributed by atoms with Crippen LogP contribution >= 0.6 is 0 Å². The lowest BCUT2D eigenvalue weighted by Crippen LogP contribution is -2.50. The van der Waals surface area contributed by atoms with Gasteiger partial charge in [0.25, 0.3) is 5.91 Å². The van der Waals surface area contributed by atoms with Crippen LogP contribution in [0.2, 0.25) is 0 Å². The van der Waals surface area contributed by atoms with Gasteiger partial charge in [0.1, 0.15) is 0 Å². The van der Waals surface area contributed by atoms with Gasteiger partial charge >= 0.3 is 5.97 Å². The number of nitrogens with zero attached hydrogens (tertiary/aromatic N) is 2. The number of hydrogen-bond donors (Lipinski definition) is 0. The summed E-state index contributed by atoms with van der Waals surface area (Å²) in [4.78, 5) is 39.2. The lowest BCUT2D eigenvalue weighted by molar-refractivity contribution is -0.143. The molecule has 1 fully saturated rings. The van der Waals surface area contributed by atoms with Gasteiger partial charge in [-0.15, -0.1) is 0 Å². The number of rotatable bonds is 6. The summed E-state index contributed by atoms with van der Waals surface area (Å²) in [6.45, 7) is 4.16. The van der Waals surface area contributed by atoms with E-state index in [1.165, 1.54) is 12.7 Å². The van der Waals surface area contributed by atoms with Crippen molar-refractivity contribution in [2.75, 3.05) is 33.3 Å². The van der Waals surface area contributed by atoms with Crippen molar-refractivity contribution >= 4 is 17.8 Å². The first-order valence-electron chi connectivity index (χ1n) is 8.78. The smallest absolute Gasteiger partial charge is 0.306 e. The van der Waals surface area contributed by atoms with Crippen molar-refractivity contribution in [1.29, 1.82) is 0 Å². The molecule has 136 valence electrons. The van der Waals surface area contributed by atoms with Crippen LogP contribution < -0.4 is 0 Å². The number of carbonyl (C=O) groups is 3. The number of carbonyl (C=O) groups excluding carboxylic acids is 3. The number of ether oxygens (including phenoxy) is 1. The van der Waals surface area contributed by atoms with Crippen molar-refractivity contribution in [3.63, 3.8) is 0 Å². The summed E-state index contributed by atoms with van der Waals surface area (Å²) in [6, 6.07) is 7.76. The highest BCUT2D eigenvalue weighted by atomic mass is 16.5. The van der Waals surface area contributed by atoms with Gasteiger partial charge in [-0.1, -0.05) is 25.5 Å². The van der Waals surface area contributed by atoms with Crippen LogP contribution in [0.5, 0.6) is 0 Å². The Balaban J connectivity index is 1.83. The molecule has 0 aromatic heterocycles. The highest BCUT2D eigenvalue weighted by Gasteiger charge is 2.25. The maximum Gasteiger partial charge on any atom is 0.306 e. The third-order valence-electron chi connectivity index (χ3n) is 4.43. The Kier molecular flexibility index (Phi) is 6.98. The van der Waals surface area contributed by atoms with Gasteiger partial charge in [-0.25, -0.2) is 0 Å². The number of esters is 1. The van der Waals surface area contributed by atoms with Crippen molar-refractivity contribution < 1.29 is 19.1 Å². The highest BCUT2D eigenvalue weighted by molar-refractivity contribution is 5.94. The van der Waals surface area contributed by atoms with E-state index in [0.29, 0.717) is 31.7 Å². The van der Waals surface area contributed by atoms with Crippen molar-refractivity contribution in [2.45, 2.75) is 32.6 Å². The van der Waals surface area contributed by atoms with Crippen LogP contribution in [0.25, 0.3) is 0 Å². The lowest BCUT2D eigenvalue weighted by atomic mass is 10.1. The summed E-state index contributed by atoms with van der Waals surface area (Å²) in [5.74, 6) is -0.445. The van der Waals surface area contributed by atoms with Crippen LogP contribution in [-0.4, -0.2) is 60.9 Å². The molecule has 1 aromatic rings. The first kappa shape index (κ1) is 19.0. The maximum atomic E-state index is 12.6. The van der Waals surface area contributed by atoms with Gasteiger partial charge in [-0.2, -0.15) is 0 Å². The molecule has 1 aromatic carbocycles. The highest BCUT2D eigenvalue weighted by Crippen LogP contribution is 2.12. The van der Waals surface area contributed by atoms with Gasteiger partial charge < -0.3 is 14.5 Å². The summed E-state index contributed by atoms with van der Waals surface area (Å²) in [6.07, 6.45) is 2.35. The second kappa shape index (κ2) is 9.20. The Bertz CT molecular complexity index is 604. The standard InChI is InChI=1S/C19H26N2O4/c1-3-4-15-5-7-16(8-6-15)19(24)21-13-11-20(12-14-21)17(22)9-10-18(23)25-2/h5-8H,3-4,9-14H2,1-2H3. The van der Waals surface area contributed by atoms with Gasteiger partial charge in [0, 0.05) is 38.2 Å². The Hall–Kier alpha value is -2.37. The van der Waals surface area contributed by atoms with Crippen LogP contribution in [-0.2, 0) is 20.7 Å². The zero-order chi connectivity index (χ0) is 18.2. The Morgan fingerprint density at radius 3 is 2.12 bits per heavy atom. The average molecular weight is 346 g/mol. The van der Waals surface area contributed by atoms with Crippen LogP contribution in [0, 0.1) is 0 Å². The lowest BCUT2D eigenvalue weighted by Gasteiger charge is -2.34. The molecule has 1 aliphatic rings. The molecule has 1 saturated heterocycles. The second-order valence-corrected chi connectivity index (χ2v) is 6.20. The van der Waals surface area contributed by atoms with E-state index in [2.05, 4.69) is 11.7 Å². The molecule has 0 aliphatic carbocycles. The van der Waals surface area contributed by atoms with Crippen molar-refractivity contribution in [3.8, 4) is 0 Å². The fraction of sp³-hybridized carbons (Fsp3) is 0.526. The molecule has 0 N–H and O–H groups in total. The zero-order valence-corrected chi connectivity index (χ0v) is 15.0. The van der Waals surface area contributed by atoms with Crippen LogP contribution in [0.3, 0.4) is 0 Å². The number of hydrogen-bond acceptors (Lipinski definition) is 4. The van der Waals surface area contributed by atoms with Gasteiger partial charge in [0.05, 0.1) is 13.5 Å². The maximum absolute atomic E-state index is 12.6. The van der Waals surface area contributed by atoms with E-state index in [1.807, 2.05) is 24.3 Å². The molecule has 0 bridgehead atoms. The van der Waals surface area contributed by atoms with Gasteiger partial charge in [-0.3, -0.25) is 14.4 Å². The number of benzene rings is 1. The first-order valence-corrected chi connectivity index (χ1v) is 8.78. The number of piperazine rings is 1. The molecule has 1 heterocycles. The van der Waals surface area contributed by atoms with Gasteiger partial charge in [-0.05, 0) is 24.1 Å². The molecule has 6 heteroatoms.